The van der Waals surface area contributed by atoms with Gasteiger partial charge >= 0.3 is 5.97 Å². The average Bonchev–Trinajstić information content (AvgIpc) is 2.86. The molecule has 0 unspecified atom stereocenters. The molecular formula is C14H8ClNO3. The Hall–Kier alpha value is -2.33. The summed E-state index contributed by atoms with van der Waals surface area (Å²) in [4.78, 5) is 15.9. The molecule has 3 rings (SSSR count). The number of hydrogen-bond acceptors (Lipinski definition) is 4. The lowest BCUT2D eigenvalue weighted by Gasteiger charge is -2.04. The van der Waals surface area contributed by atoms with Crippen molar-refractivity contribution in [2.45, 2.75) is 0 Å². The molecule has 0 spiro atoms. The van der Waals surface area contributed by atoms with Crippen molar-refractivity contribution in [2.75, 3.05) is 0 Å². The van der Waals surface area contributed by atoms with Crippen molar-refractivity contribution >= 4 is 28.7 Å². The zero-order valence-corrected chi connectivity index (χ0v) is 10.4. The van der Waals surface area contributed by atoms with Crippen LogP contribution in [0.1, 0.15) is 10.4 Å². The molecular weight excluding hydrogens is 266 g/mol. The summed E-state index contributed by atoms with van der Waals surface area (Å²) in [6.45, 7) is 0. The number of hydrogen-bond donors (Lipinski definition) is 0. The maximum Gasteiger partial charge on any atom is 0.343 e. The first kappa shape index (κ1) is 11.7. The first-order valence-corrected chi connectivity index (χ1v) is 5.91. The molecule has 0 aliphatic carbocycles. The van der Waals surface area contributed by atoms with Crippen molar-refractivity contribution in [1.29, 1.82) is 0 Å². The van der Waals surface area contributed by atoms with Gasteiger partial charge in [-0.05, 0) is 30.3 Å². The first-order chi connectivity index (χ1) is 9.22. The smallest absolute Gasteiger partial charge is 0.343 e. The van der Waals surface area contributed by atoms with Gasteiger partial charge in [-0.3, -0.25) is 0 Å². The Morgan fingerprint density at radius 3 is 2.95 bits per heavy atom. The lowest BCUT2D eigenvalue weighted by Crippen LogP contribution is -2.08. The molecule has 0 atom stereocenters. The number of rotatable bonds is 2. The largest absolute Gasteiger partial charge is 0.443 e. The molecule has 0 aliphatic heterocycles. The maximum atomic E-state index is 11.9. The molecule has 0 amide bonds. The van der Waals surface area contributed by atoms with E-state index in [9.17, 15) is 4.79 Å². The lowest BCUT2D eigenvalue weighted by atomic mass is 10.2. The van der Waals surface area contributed by atoms with Gasteiger partial charge < -0.3 is 9.15 Å². The number of esters is 1. The van der Waals surface area contributed by atoms with Crippen LogP contribution in [0, 0.1) is 0 Å². The summed E-state index contributed by atoms with van der Waals surface area (Å²) in [5.41, 5.74) is 1.67. The minimum atomic E-state index is -0.467. The summed E-state index contributed by atoms with van der Waals surface area (Å²) in [5, 5.41) is 0.487. The van der Waals surface area contributed by atoms with Crippen molar-refractivity contribution in [1.82, 2.24) is 4.98 Å². The van der Waals surface area contributed by atoms with Crippen LogP contribution < -0.4 is 4.74 Å². The summed E-state index contributed by atoms with van der Waals surface area (Å²) in [7, 11) is 0. The van der Waals surface area contributed by atoms with Crippen molar-refractivity contribution < 1.29 is 13.9 Å². The average molecular weight is 274 g/mol. The molecule has 0 bridgehead atoms. The molecule has 94 valence electrons. The summed E-state index contributed by atoms with van der Waals surface area (Å²) in [6, 6.07) is 11.6. The van der Waals surface area contributed by atoms with Gasteiger partial charge in [0.15, 0.2) is 12.0 Å². The van der Waals surface area contributed by atoms with E-state index in [2.05, 4.69) is 4.98 Å². The number of carbonyl (C=O) groups is 1. The minimum Gasteiger partial charge on any atom is -0.443 e. The van der Waals surface area contributed by atoms with E-state index in [1.165, 1.54) is 6.39 Å². The third-order valence-corrected chi connectivity index (χ3v) is 2.81. The Morgan fingerprint density at radius 2 is 2.11 bits per heavy atom. The topological polar surface area (TPSA) is 52.3 Å². The minimum absolute atomic E-state index is 0.396. The van der Waals surface area contributed by atoms with E-state index in [0.29, 0.717) is 27.4 Å². The quantitative estimate of drug-likeness (QED) is 0.528. The van der Waals surface area contributed by atoms with Crippen LogP contribution in [-0.2, 0) is 0 Å². The van der Waals surface area contributed by atoms with Gasteiger partial charge in [0.05, 0.1) is 5.56 Å². The molecule has 1 aromatic heterocycles. The van der Waals surface area contributed by atoms with Crippen LogP contribution in [0.25, 0.3) is 11.1 Å². The number of nitrogens with zero attached hydrogens (tertiary/aromatic N) is 1. The Kier molecular flexibility index (Phi) is 2.93. The Labute approximate surface area is 113 Å². The fourth-order valence-electron chi connectivity index (χ4n) is 1.68. The van der Waals surface area contributed by atoms with E-state index in [0.717, 1.165) is 0 Å². The van der Waals surface area contributed by atoms with E-state index in [4.69, 9.17) is 20.8 Å². The second-order valence-electron chi connectivity index (χ2n) is 3.88. The third-order valence-electron chi connectivity index (χ3n) is 2.57. The zero-order valence-electron chi connectivity index (χ0n) is 9.67. The monoisotopic (exact) mass is 273 g/mol. The van der Waals surface area contributed by atoms with Crippen molar-refractivity contribution in [2.24, 2.45) is 0 Å². The highest BCUT2D eigenvalue weighted by Crippen LogP contribution is 2.21. The molecule has 0 aliphatic rings. The molecule has 19 heavy (non-hydrogen) atoms. The summed E-state index contributed by atoms with van der Waals surface area (Å²) in [5.74, 6) is -0.0586. The molecule has 4 nitrogen and oxygen atoms in total. The van der Waals surface area contributed by atoms with Crippen LogP contribution in [0.4, 0.5) is 0 Å². The van der Waals surface area contributed by atoms with Crippen LogP contribution >= 0.6 is 11.6 Å². The van der Waals surface area contributed by atoms with E-state index >= 15 is 0 Å². The molecule has 1 heterocycles. The van der Waals surface area contributed by atoms with Crippen LogP contribution in [0.3, 0.4) is 0 Å². The highest BCUT2D eigenvalue weighted by atomic mass is 35.5. The SMILES string of the molecule is O=C(Oc1ccc2ocnc2c1)c1cccc(Cl)c1. The standard InChI is InChI=1S/C14H8ClNO3/c15-10-3-1-2-9(6-10)14(17)19-11-4-5-13-12(7-11)16-8-18-13/h1-8H. The Morgan fingerprint density at radius 1 is 1.21 bits per heavy atom. The van der Waals surface area contributed by atoms with Crippen LogP contribution in [0.5, 0.6) is 5.75 Å². The molecule has 0 radical (unpaired) electrons. The predicted octanol–water partition coefficient (Wildman–Crippen LogP) is 3.70. The maximum absolute atomic E-state index is 11.9. The highest BCUT2D eigenvalue weighted by molar-refractivity contribution is 6.30. The summed E-state index contributed by atoms with van der Waals surface area (Å²) < 4.78 is 10.4. The van der Waals surface area contributed by atoms with Gasteiger partial charge in [-0.15, -0.1) is 0 Å². The van der Waals surface area contributed by atoms with Crippen LogP contribution in [-0.4, -0.2) is 11.0 Å². The second kappa shape index (κ2) is 4.74. The van der Waals surface area contributed by atoms with E-state index in [-0.39, 0.29) is 0 Å². The number of carbonyl (C=O) groups excluding carboxylic acids is 1. The number of oxazole rings is 1. The molecule has 3 aromatic rings. The van der Waals surface area contributed by atoms with Gasteiger partial charge in [-0.2, -0.15) is 0 Å². The molecule has 0 saturated heterocycles. The highest BCUT2D eigenvalue weighted by Gasteiger charge is 2.10. The first-order valence-electron chi connectivity index (χ1n) is 5.53. The van der Waals surface area contributed by atoms with Gasteiger partial charge in [0, 0.05) is 11.1 Å². The van der Waals surface area contributed by atoms with E-state index in [1.807, 2.05) is 0 Å². The fourth-order valence-corrected chi connectivity index (χ4v) is 1.87. The molecule has 0 fully saturated rings. The molecule has 0 N–H and O–H groups in total. The fraction of sp³-hybridized carbons (Fsp3) is 0. The Balaban J connectivity index is 1.86. The number of fused-ring (bicyclic) bond motifs is 1. The number of ether oxygens (including phenoxy) is 1. The Bertz CT molecular complexity index is 751. The normalized spacial score (nSPS) is 10.6. The zero-order chi connectivity index (χ0) is 13.2. The summed E-state index contributed by atoms with van der Waals surface area (Å²) >= 11 is 5.83. The number of aromatic nitrogens is 1. The van der Waals surface area contributed by atoms with E-state index < -0.39 is 5.97 Å². The molecule has 0 saturated carbocycles. The van der Waals surface area contributed by atoms with Gasteiger partial charge in [0.25, 0.3) is 0 Å². The number of halogens is 1. The van der Waals surface area contributed by atoms with Gasteiger partial charge in [-0.25, -0.2) is 9.78 Å². The van der Waals surface area contributed by atoms with Gasteiger partial charge in [0.2, 0.25) is 0 Å². The van der Waals surface area contributed by atoms with E-state index in [1.54, 1.807) is 42.5 Å². The van der Waals surface area contributed by atoms with Gasteiger partial charge in [0.1, 0.15) is 11.3 Å². The second-order valence-corrected chi connectivity index (χ2v) is 4.32. The lowest BCUT2D eigenvalue weighted by molar-refractivity contribution is 0.0735. The predicted molar refractivity (Wildman–Crippen MR) is 70.4 cm³/mol. The number of benzene rings is 2. The molecule has 5 heteroatoms. The summed E-state index contributed by atoms with van der Waals surface area (Å²) in [6.07, 6.45) is 1.34. The molecule has 2 aromatic carbocycles. The third kappa shape index (κ3) is 2.44. The van der Waals surface area contributed by atoms with Crippen LogP contribution in [0.2, 0.25) is 5.02 Å². The van der Waals surface area contributed by atoms with Crippen molar-refractivity contribution in [3.05, 3.63) is 59.4 Å². The van der Waals surface area contributed by atoms with Crippen LogP contribution in [0.15, 0.2) is 53.3 Å². The van der Waals surface area contributed by atoms with Crippen molar-refractivity contribution in [3.8, 4) is 5.75 Å². The van der Waals surface area contributed by atoms with Crippen molar-refractivity contribution in [3.63, 3.8) is 0 Å². The van der Waals surface area contributed by atoms with Gasteiger partial charge in [-0.1, -0.05) is 17.7 Å².